The van der Waals surface area contributed by atoms with Crippen LogP contribution in [0.25, 0.3) is 0 Å². The van der Waals surface area contributed by atoms with E-state index < -0.39 is 65.4 Å². The van der Waals surface area contributed by atoms with Crippen LogP contribution < -0.4 is 15.0 Å². The molecule has 18 nitrogen and oxygen atoms in total. The maximum absolute atomic E-state index is 14.4. The maximum atomic E-state index is 14.4. The Morgan fingerprint density at radius 3 is 2.50 bits per heavy atom. The van der Waals surface area contributed by atoms with Crippen LogP contribution in [0, 0.1) is 5.92 Å². The van der Waals surface area contributed by atoms with E-state index in [2.05, 4.69) is 5.32 Å². The number of imide groups is 1. The number of benzene rings is 1. The summed E-state index contributed by atoms with van der Waals surface area (Å²) in [5.41, 5.74) is -0.757. The monoisotopic (exact) mass is 1110 g/mol. The van der Waals surface area contributed by atoms with Crippen molar-refractivity contribution in [3.63, 3.8) is 0 Å². The number of thioether (sulfide) groups is 1. The molecule has 0 radical (unpaired) electrons. The van der Waals surface area contributed by atoms with Gasteiger partial charge >= 0.3 is 11.9 Å². The zero-order valence-electron chi connectivity index (χ0n) is 44.5. The standard InChI is InChI=1S/C52H75ClN4O14S3/c1-31-14-12-15-39(67-10)52(65)29-37(69-45(62)30-52)32(2)47-51(6,71-47)40(28-43(60)56(8)35-25-34(24-31)26-36(66-9)46(35)53)70-49(64)33(3)55(7)42(59)17-18-50(4,5)74-73-23-13-16-41(58)54-19-21-68-22-20-57-44(61)27-38(72-11)48(57)63/h12,14-15,25-26,32-33,37-40,47,65H,13,16-24,27-30H2,1-11H3,(H,54,58)/b15-12+,31-14+/t32-,33+,37+,38?,39-,40+,47+,51+,52-/m1/s1. The molecule has 3 fully saturated rings. The van der Waals surface area contributed by atoms with Gasteiger partial charge in [-0.3, -0.25) is 33.7 Å². The summed E-state index contributed by atoms with van der Waals surface area (Å²) in [4.78, 5) is 95.9. The molecule has 4 bridgehead atoms. The number of methoxy groups -OCH3 is 2. The van der Waals surface area contributed by atoms with Gasteiger partial charge in [-0.15, -0.1) is 0 Å². The minimum absolute atomic E-state index is 0.0315. The van der Waals surface area contributed by atoms with Crippen LogP contribution in [-0.4, -0.2) is 175 Å². The summed E-state index contributed by atoms with van der Waals surface area (Å²) in [6.45, 7) is 12.1. The van der Waals surface area contributed by atoms with Crippen molar-refractivity contribution < 1.29 is 67.1 Å². The van der Waals surface area contributed by atoms with E-state index in [0.29, 0.717) is 49.4 Å². The Morgan fingerprint density at radius 1 is 1.09 bits per heavy atom. The van der Waals surface area contributed by atoms with Crippen LogP contribution in [0.4, 0.5) is 5.69 Å². The first-order valence-corrected chi connectivity index (χ1v) is 28.9. The zero-order chi connectivity index (χ0) is 54.7. The number of halogens is 1. The molecule has 412 valence electrons. The number of allylic oxidation sites excluding steroid dienone is 3. The molecular weight excluding hydrogens is 1040 g/mol. The lowest BCUT2D eigenvalue weighted by Gasteiger charge is -2.41. The summed E-state index contributed by atoms with van der Waals surface area (Å²) in [5, 5.41) is 14.7. The summed E-state index contributed by atoms with van der Waals surface area (Å²) in [7, 11) is 9.29. The molecule has 1 unspecified atom stereocenters. The number of likely N-dealkylation sites (N-methyl/N-ethyl adjacent to an activating group) is 1. The van der Waals surface area contributed by atoms with Gasteiger partial charge in [-0.2, -0.15) is 11.8 Å². The Hall–Kier alpha value is -3.83. The van der Waals surface area contributed by atoms with E-state index in [0.717, 1.165) is 11.1 Å². The fourth-order valence-corrected chi connectivity index (χ4v) is 12.9. The summed E-state index contributed by atoms with van der Waals surface area (Å²) in [5.74, 6) is -2.03. The topological polar surface area (TPSA) is 220 Å². The number of carbonyl (C=O) groups excluding carboxylic acids is 7. The number of esters is 2. The van der Waals surface area contributed by atoms with Gasteiger partial charge in [-0.25, -0.2) is 4.79 Å². The van der Waals surface area contributed by atoms with Crippen LogP contribution in [0.5, 0.6) is 5.75 Å². The Morgan fingerprint density at radius 2 is 1.82 bits per heavy atom. The minimum atomic E-state index is -1.61. The number of carbonyl (C=O) groups is 7. The van der Waals surface area contributed by atoms with Gasteiger partial charge in [0.05, 0.1) is 56.8 Å². The van der Waals surface area contributed by atoms with E-state index in [1.807, 2.05) is 33.8 Å². The third-order valence-corrected chi connectivity index (χ3v) is 18.9. The van der Waals surface area contributed by atoms with Gasteiger partial charge in [-0.1, -0.05) is 63.9 Å². The molecule has 0 spiro atoms. The number of ether oxygens (including phenoxy) is 6. The quantitative estimate of drug-likeness (QED) is 0.0466. The Labute approximate surface area is 452 Å². The Kier molecular flexibility index (Phi) is 22.2. The van der Waals surface area contributed by atoms with Gasteiger partial charge in [-0.05, 0) is 77.8 Å². The molecule has 4 heterocycles. The molecule has 4 aliphatic rings. The molecule has 9 atom stereocenters. The number of epoxide rings is 1. The van der Waals surface area contributed by atoms with Crippen LogP contribution in [0.1, 0.15) is 98.5 Å². The number of likely N-dealkylation sites (tertiary alicyclic amines) is 1. The first-order valence-electron chi connectivity index (χ1n) is 25.0. The third-order valence-electron chi connectivity index (χ3n) is 14.2. The maximum Gasteiger partial charge on any atom is 0.328 e. The Bertz CT molecular complexity index is 2290. The van der Waals surface area contributed by atoms with Gasteiger partial charge in [0.15, 0.2) is 0 Å². The number of hydrogen-bond acceptors (Lipinski definition) is 17. The second-order valence-electron chi connectivity index (χ2n) is 20.3. The highest BCUT2D eigenvalue weighted by Crippen LogP contribution is 2.50. The number of anilines is 1. The van der Waals surface area contributed by atoms with E-state index in [4.69, 9.17) is 40.0 Å². The van der Waals surface area contributed by atoms with Crippen molar-refractivity contribution in [3.8, 4) is 5.75 Å². The lowest BCUT2D eigenvalue weighted by molar-refractivity contribution is -0.187. The predicted octanol–water partition coefficient (Wildman–Crippen LogP) is 6.11. The van der Waals surface area contributed by atoms with E-state index in [1.165, 1.54) is 47.7 Å². The van der Waals surface area contributed by atoms with Crippen molar-refractivity contribution in [3.05, 3.63) is 46.5 Å². The summed E-state index contributed by atoms with van der Waals surface area (Å²) >= 11 is 8.20. The first-order chi connectivity index (χ1) is 34.9. The Balaban J connectivity index is 1.17. The molecule has 4 aliphatic heterocycles. The second kappa shape index (κ2) is 27.0. The number of nitrogens with one attached hydrogen (secondary N) is 1. The first kappa shape index (κ1) is 61.0. The molecule has 22 heteroatoms. The average Bonchev–Trinajstić information content (AvgIpc) is 3.97. The van der Waals surface area contributed by atoms with Gasteiger partial charge in [0, 0.05) is 69.9 Å². The molecule has 1 aromatic rings. The SMILES string of the molecule is COc1cc2cc(c1Cl)N(C)C(=O)C[C@H](OC(=O)[C@H](C)N(C)C(=O)CCC(C)(C)SSCCCC(=O)NCCOCCN1C(=O)CC(SC)C1=O)[C@]1(C)O[C@H]1[C@H](C)[C@@H]1C[C@@](O)(CC(=O)O1)[C@H](OC)/C=C/C=C(\C)C2. The number of fused-ring (bicyclic) bond motifs is 5. The van der Waals surface area contributed by atoms with Crippen molar-refractivity contribution in [2.75, 3.05) is 71.5 Å². The van der Waals surface area contributed by atoms with Gasteiger partial charge in [0.1, 0.15) is 46.3 Å². The molecule has 3 saturated heterocycles. The van der Waals surface area contributed by atoms with Gasteiger partial charge < -0.3 is 48.6 Å². The van der Waals surface area contributed by atoms with Crippen LogP contribution in [0.3, 0.4) is 0 Å². The largest absolute Gasteiger partial charge is 0.495 e. The van der Waals surface area contributed by atoms with E-state index in [1.54, 1.807) is 73.0 Å². The fourth-order valence-electron chi connectivity index (χ4n) is 9.27. The molecule has 5 rings (SSSR count). The van der Waals surface area contributed by atoms with Gasteiger partial charge in [0.25, 0.3) is 0 Å². The van der Waals surface area contributed by atoms with E-state index in [9.17, 15) is 38.7 Å². The molecule has 0 saturated carbocycles. The zero-order valence-corrected chi connectivity index (χ0v) is 47.7. The number of hydrogen-bond donors (Lipinski definition) is 2. The van der Waals surface area contributed by atoms with Crippen molar-refractivity contribution in [2.45, 2.75) is 151 Å². The van der Waals surface area contributed by atoms with E-state index in [-0.39, 0.29) is 90.5 Å². The third kappa shape index (κ3) is 15.9. The summed E-state index contributed by atoms with van der Waals surface area (Å²) < 4.78 is 34.9. The lowest BCUT2D eigenvalue weighted by Crippen LogP contribution is -2.53. The number of rotatable bonds is 21. The molecule has 2 N–H and O–H groups in total. The molecular formula is C52H75ClN4O14S3. The highest BCUT2D eigenvalue weighted by molar-refractivity contribution is 8.77. The van der Waals surface area contributed by atoms with Crippen molar-refractivity contribution in [1.29, 1.82) is 0 Å². The summed E-state index contributed by atoms with van der Waals surface area (Å²) in [6.07, 6.45) is 5.30. The smallest absolute Gasteiger partial charge is 0.328 e. The van der Waals surface area contributed by atoms with Crippen LogP contribution in [0.2, 0.25) is 5.02 Å². The summed E-state index contributed by atoms with van der Waals surface area (Å²) in [6, 6.07) is 2.54. The average molecular weight is 1110 g/mol. The number of aliphatic hydroxyl groups is 1. The van der Waals surface area contributed by atoms with Crippen LogP contribution in [0.15, 0.2) is 35.9 Å². The molecule has 0 aliphatic carbocycles. The minimum Gasteiger partial charge on any atom is -0.495 e. The second-order valence-corrected chi connectivity index (χ2v) is 24.8. The number of nitrogens with zero attached hydrogens (tertiary/aromatic N) is 3. The van der Waals surface area contributed by atoms with Gasteiger partial charge in [0.2, 0.25) is 29.5 Å². The van der Waals surface area contributed by atoms with Crippen molar-refractivity contribution in [1.82, 2.24) is 15.1 Å². The molecule has 1 aromatic carbocycles. The van der Waals surface area contributed by atoms with Crippen molar-refractivity contribution in [2.24, 2.45) is 5.92 Å². The molecule has 0 aromatic heterocycles. The van der Waals surface area contributed by atoms with Crippen molar-refractivity contribution >= 4 is 92.1 Å². The van der Waals surface area contributed by atoms with Crippen LogP contribution >= 0.6 is 45.0 Å². The highest BCUT2D eigenvalue weighted by atomic mass is 35.5. The normalized spacial score (nSPS) is 28.1. The highest BCUT2D eigenvalue weighted by Gasteiger charge is 2.64. The predicted molar refractivity (Wildman–Crippen MR) is 287 cm³/mol. The number of amides is 5. The lowest BCUT2D eigenvalue weighted by atomic mass is 9.78. The van der Waals surface area contributed by atoms with E-state index >= 15 is 0 Å². The molecule has 74 heavy (non-hydrogen) atoms. The molecule has 5 amide bonds. The van der Waals surface area contributed by atoms with Crippen LogP contribution in [-0.2, 0) is 63.7 Å². The fraction of sp³-hybridized carbons (Fsp3) is 0.673.